The van der Waals surface area contributed by atoms with E-state index in [0.29, 0.717) is 12.3 Å². The van der Waals surface area contributed by atoms with E-state index in [2.05, 4.69) is 21.4 Å². The van der Waals surface area contributed by atoms with Gasteiger partial charge in [-0.05, 0) is 24.8 Å². The molecule has 1 fully saturated rings. The number of carbonyl (C=O) groups excluding carboxylic acids is 1. The minimum atomic E-state index is -5.08. The van der Waals surface area contributed by atoms with E-state index in [9.17, 15) is 18.0 Å². The van der Waals surface area contributed by atoms with Gasteiger partial charge in [0.2, 0.25) is 5.91 Å². The monoisotopic (exact) mass is 406 g/mol. The second kappa shape index (κ2) is 9.87. The fourth-order valence-corrected chi connectivity index (χ4v) is 3.36. The highest BCUT2D eigenvalue weighted by Gasteiger charge is 2.38. The molecule has 0 bridgehead atoms. The third-order valence-corrected chi connectivity index (χ3v) is 4.75. The average molecular weight is 406 g/mol. The number of hydrogen-bond acceptors (Lipinski definition) is 5. The van der Waals surface area contributed by atoms with Crippen LogP contribution in [0.1, 0.15) is 31.0 Å². The second-order valence-corrected chi connectivity index (χ2v) is 6.85. The minimum absolute atomic E-state index is 0.0781. The van der Waals surface area contributed by atoms with Crippen LogP contribution in [0.25, 0.3) is 0 Å². The summed E-state index contributed by atoms with van der Waals surface area (Å²) in [5.41, 5.74) is 1.21. The Hall–Kier alpha value is -2.14. The first-order valence-electron chi connectivity index (χ1n) is 9.04. The number of fused-ring (bicyclic) bond motifs is 1. The summed E-state index contributed by atoms with van der Waals surface area (Å²) in [5, 5.41) is 14.2. The molecule has 1 aromatic rings. The Balaban J connectivity index is 0.000000345. The molecule has 28 heavy (non-hydrogen) atoms. The van der Waals surface area contributed by atoms with Gasteiger partial charge in [-0.25, -0.2) is 4.79 Å². The van der Waals surface area contributed by atoms with Gasteiger partial charge in [-0.3, -0.25) is 14.4 Å². The van der Waals surface area contributed by atoms with E-state index in [1.165, 1.54) is 5.69 Å². The Morgan fingerprint density at radius 2 is 2.00 bits per heavy atom. The van der Waals surface area contributed by atoms with Crippen LogP contribution in [0.2, 0.25) is 0 Å². The lowest BCUT2D eigenvalue weighted by molar-refractivity contribution is -0.192. The van der Waals surface area contributed by atoms with E-state index < -0.39 is 12.1 Å². The lowest BCUT2D eigenvalue weighted by Crippen LogP contribution is -2.42. The summed E-state index contributed by atoms with van der Waals surface area (Å²) in [6.45, 7) is 4.70. The zero-order chi connectivity index (χ0) is 20.7. The van der Waals surface area contributed by atoms with Crippen LogP contribution in [0.4, 0.5) is 13.2 Å². The summed E-state index contributed by atoms with van der Waals surface area (Å²) in [4.78, 5) is 23.1. The summed E-state index contributed by atoms with van der Waals surface area (Å²) >= 11 is 0. The predicted molar refractivity (Wildman–Crippen MR) is 92.5 cm³/mol. The molecule has 0 radical (unpaired) electrons. The van der Waals surface area contributed by atoms with Crippen molar-refractivity contribution in [1.29, 1.82) is 0 Å². The number of hydrogen-bond donors (Lipinski definition) is 2. The zero-order valence-electron chi connectivity index (χ0n) is 15.6. The summed E-state index contributed by atoms with van der Waals surface area (Å²) < 4.78 is 39.2. The summed E-state index contributed by atoms with van der Waals surface area (Å²) in [6, 6.07) is 2.20. The molecular formula is C17H25F3N4O4. The third kappa shape index (κ3) is 6.48. The molecule has 0 spiro atoms. The van der Waals surface area contributed by atoms with E-state index >= 15 is 0 Å². The largest absolute Gasteiger partial charge is 0.490 e. The lowest BCUT2D eigenvalue weighted by atomic mass is 9.98. The van der Waals surface area contributed by atoms with Crippen LogP contribution in [0, 0.1) is 5.92 Å². The number of amides is 1. The van der Waals surface area contributed by atoms with Crippen LogP contribution in [0.3, 0.4) is 0 Å². The van der Waals surface area contributed by atoms with Crippen molar-refractivity contribution in [3.8, 4) is 0 Å². The molecule has 2 N–H and O–H groups in total. The van der Waals surface area contributed by atoms with Crippen LogP contribution in [-0.4, -0.2) is 71.2 Å². The van der Waals surface area contributed by atoms with Crippen molar-refractivity contribution in [2.24, 2.45) is 5.92 Å². The fraction of sp³-hybridized carbons (Fsp3) is 0.706. The summed E-state index contributed by atoms with van der Waals surface area (Å²) in [6.07, 6.45) is -0.453. The summed E-state index contributed by atoms with van der Waals surface area (Å²) in [5.74, 6) is -1.96. The van der Waals surface area contributed by atoms with Gasteiger partial charge in [-0.1, -0.05) is 0 Å². The normalized spacial score (nSPS) is 20.6. The molecular weight excluding hydrogens is 381 g/mol. The zero-order valence-corrected chi connectivity index (χ0v) is 15.6. The van der Waals surface area contributed by atoms with Crippen LogP contribution in [0.5, 0.6) is 0 Å². The van der Waals surface area contributed by atoms with E-state index in [4.69, 9.17) is 14.6 Å². The van der Waals surface area contributed by atoms with E-state index in [0.717, 1.165) is 45.7 Å². The first-order valence-corrected chi connectivity index (χ1v) is 9.04. The van der Waals surface area contributed by atoms with Crippen LogP contribution < -0.4 is 5.32 Å². The van der Waals surface area contributed by atoms with Gasteiger partial charge in [0, 0.05) is 46.1 Å². The van der Waals surface area contributed by atoms with Crippen LogP contribution in [0.15, 0.2) is 12.3 Å². The van der Waals surface area contributed by atoms with Crippen molar-refractivity contribution < 1.29 is 32.6 Å². The molecule has 1 atom stereocenters. The maximum absolute atomic E-state index is 11.7. The maximum atomic E-state index is 11.7. The molecule has 0 saturated carbocycles. The Labute approximate surface area is 160 Å². The van der Waals surface area contributed by atoms with Crippen molar-refractivity contribution in [3.63, 3.8) is 0 Å². The number of halogens is 3. The number of carbonyl (C=O) groups is 2. The van der Waals surface area contributed by atoms with E-state index in [1.807, 2.05) is 10.9 Å². The SMILES string of the molecule is CNC(=O)CC1CN(CC2CCOCC2)Cc2ccnn21.O=C(O)C(F)(F)F. The first-order chi connectivity index (χ1) is 13.2. The molecule has 1 aromatic heterocycles. The molecule has 11 heteroatoms. The van der Waals surface area contributed by atoms with Crippen LogP contribution >= 0.6 is 0 Å². The van der Waals surface area contributed by atoms with E-state index in [-0.39, 0.29) is 11.9 Å². The number of rotatable bonds is 4. The quantitative estimate of drug-likeness (QED) is 0.786. The van der Waals surface area contributed by atoms with Crippen LogP contribution in [-0.2, 0) is 20.9 Å². The molecule has 158 valence electrons. The standard InChI is InChI=1S/C15H24N4O2.C2HF3O2/c1-16-15(20)8-14-11-18(9-12-3-6-21-7-4-12)10-13-2-5-17-19(13)14;3-2(4,5)1(6)7/h2,5,12,14H,3-4,6-11H2,1H3,(H,16,20);(H,6,7). The molecule has 1 saturated heterocycles. The van der Waals surface area contributed by atoms with Crippen molar-refractivity contribution in [3.05, 3.63) is 18.0 Å². The molecule has 2 aliphatic heterocycles. The van der Waals surface area contributed by atoms with Gasteiger partial charge < -0.3 is 15.2 Å². The maximum Gasteiger partial charge on any atom is 0.490 e. The van der Waals surface area contributed by atoms with Gasteiger partial charge >= 0.3 is 12.1 Å². The molecule has 3 rings (SSSR count). The Morgan fingerprint density at radius 3 is 2.57 bits per heavy atom. The lowest BCUT2D eigenvalue weighted by Gasteiger charge is -2.36. The fourth-order valence-electron chi connectivity index (χ4n) is 3.36. The number of alkyl halides is 3. The van der Waals surface area contributed by atoms with Gasteiger partial charge in [-0.2, -0.15) is 18.3 Å². The molecule has 2 aliphatic rings. The number of ether oxygens (including phenoxy) is 1. The Morgan fingerprint density at radius 1 is 1.36 bits per heavy atom. The smallest absolute Gasteiger partial charge is 0.475 e. The predicted octanol–water partition coefficient (Wildman–Crippen LogP) is 1.44. The highest BCUT2D eigenvalue weighted by Crippen LogP contribution is 2.25. The molecule has 1 unspecified atom stereocenters. The molecule has 3 heterocycles. The molecule has 0 aromatic carbocycles. The number of carboxylic acids is 1. The molecule has 8 nitrogen and oxygen atoms in total. The van der Waals surface area contributed by atoms with Crippen molar-refractivity contribution in [2.75, 3.05) is 33.4 Å². The van der Waals surface area contributed by atoms with E-state index in [1.54, 1.807) is 7.05 Å². The number of aliphatic carboxylic acids is 1. The third-order valence-electron chi connectivity index (χ3n) is 4.75. The highest BCUT2D eigenvalue weighted by atomic mass is 19.4. The van der Waals surface area contributed by atoms with Crippen molar-refractivity contribution in [2.45, 2.75) is 38.0 Å². The van der Waals surface area contributed by atoms with Crippen molar-refractivity contribution in [1.82, 2.24) is 20.0 Å². The van der Waals surface area contributed by atoms with Crippen molar-refractivity contribution >= 4 is 11.9 Å². The highest BCUT2D eigenvalue weighted by molar-refractivity contribution is 5.76. The first kappa shape index (κ1) is 22.2. The topological polar surface area (TPSA) is 96.7 Å². The average Bonchev–Trinajstić information content (AvgIpc) is 3.11. The molecule has 0 aliphatic carbocycles. The minimum Gasteiger partial charge on any atom is -0.475 e. The van der Waals surface area contributed by atoms with Gasteiger partial charge in [0.1, 0.15) is 0 Å². The number of aromatic nitrogens is 2. The molecule has 1 amide bonds. The second-order valence-electron chi connectivity index (χ2n) is 6.85. The van der Waals surface area contributed by atoms with Gasteiger partial charge in [0.05, 0.1) is 18.2 Å². The number of carboxylic acid groups (broad SMARTS) is 1. The Kier molecular flexibility index (Phi) is 7.81. The summed E-state index contributed by atoms with van der Waals surface area (Å²) in [7, 11) is 1.69. The van der Waals surface area contributed by atoms with Gasteiger partial charge in [0.25, 0.3) is 0 Å². The Bertz CT molecular complexity index is 659. The number of nitrogens with one attached hydrogen (secondary N) is 1. The number of nitrogens with zero attached hydrogens (tertiary/aromatic N) is 3. The van der Waals surface area contributed by atoms with Gasteiger partial charge in [-0.15, -0.1) is 0 Å². The van der Waals surface area contributed by atoms with Gasteiger partial charge in [0.15, 0.2) is 0 Å².